The van der Waals surface area contributed by atoms with E-state index in [0.29, 0.717) is 11.6 Å². The fourth-order valence-electron chi connectivity index (χ4n) is 6.03. The van der Waals surface area contributed by atoms with Gasteiger partial charge in [-0.25, -0.2) is 9.97 Å². The minimum Gasteiger partial charge on any atom is -0.426 e. The van der Waals surface area contributed by atoms with Crippen molar-refractivity contribution < 1.29 is 9.53 Å². The van der Waals surface area contributed by atoms with Crippen LogP contribution < -0.4 is 4.74 Å². The third kappa shape index (κ3) is 11.6. The van der Waals surface area contributed by atoms with Gasteiger partial charge in [-0.2, -0.15) is 5.26 Å². The Balaban J connectivity index is 1.38. The Morgan fingerprint density at radius 2 is 1.37 bits per heavy atom. The van der Waals surface area contributed by atoms with Crippen molar-refractivity contribution in [3.8, 4) is 23.2 Å². The fraction of sp³-hybridized carbons (Fsp3) is 0.667. The van der Waals surface area contributed by atoms with Crippen LogP contribution in [-0.2, 0) is 11.2 Å². The van der Waals surface area contributed by atoms with Crippen molar-refractivity contribution in [3.63, 3.8) is 0 Å². The van der Waals surface area contributed by atoms with E-state index in [4.69, 9.17) is 4.74 Å². The van der Waals surface area contributed by atoms with Crippen molar-refractivity contribution in [2.24, 2.45) is 11.3 Å². The molecule has 224 valence electrons. The molecule has 0 saturated heterocycles. The summed E-state index contributed by atoms with van der Waals surface area (Å²) < 4.78 is 5.73. The van der Waals surface area contributed by atoms with Crippen molar-refractivity contribution in [2.75, 3.05) is 0 Å². The summed E-state index contributed by atoms with van der Waals surface area (Å²) in [5, 5.41) is 9.91. The molecule has 1 saturated carbocycles. The van der Waals surface area contributed by atoms with E-state index in [-0.39, 0.29) is 17.3 Å². The summed E-state index contributed by atoms with van der Waals surface area (Å²) >= 11 is 0. The Bertz CT molecular complexity index is 1030. The van der Waals surface area contributed by atoms with Gasteiger partial charge in [0.25, 0.3) is 0 Å². The van der Waals surface area contributed by atoms with Crippen LogP contribution in [0.5, 0.6) is 5.75 Å². The first-order valence-corrected chi connectivity index (χ1v) is 16.6. The molecule has 2 aromatic rings. The Hall–Kier alpha value is -2.74. The third-order valence-corrected chi connectivity index (χ3v) is 8.88. The van der Waals surface area contributed by atoms with Crippen LogP contribution >= 0.6 is 0 Å². The van der Waals surface area contributed by atoms with E-state index in [9.17, 15) is 10.1 Å². The summed E-state index contributed by atoms with van der Waals surface area (Å²) in [7, 11) is 0. The van der Waals surface area contributed by atoms with Crippen molar-refractivity contribution in [3.05, 3.63) is 42.2 Å². The lowest BCUT2D eigenvalue weighted by atomic mass is 9.69. The van der Waals surface area contributed by atoms with Gasteiger partial charge in [-0.15, -0.1) is 0 Å². The van der Waals surface area contributed by atoms with Crippen molar-refractivity contribution in [2.45, 2.75) is 142 Å². The van der Waals surface area contributed by atoms with E-state index >= 15 is 0 Å². The van der Waals surface area contributed by atoms with Crippen molar-refractivity contribution >= 4 is 5.97 Å². The second-order valence-electron chi connectivity index (χ2n) is 12.3. The van der Waals surface area contributed by atoms with E-state index in [1.165, 1.54) is 89.0 Å². The van der Waals surface area contributed by atoms with Crippen LogP contribution in [0, 0.1) is 22.7 Å². The van der Waals surface area contributed by atoms with Gasteiger partial charge in [0, 0.05) is 18.0 Å². The number of hydrogen-bond acceptors (Lipinski definition) is 5. The Morgan fingerprint density at radius 1 is 0.829 bits per heavy atom. The summed E-state index contributed by atoms with van der Waals surface area (Å²) in [6.45, 7) is 4.50. The summed E-state index contributed by atoms with van der Waals surface area (Å²) in [4.78, 5) is 22.0. The zero-order chi connectivity index (χ0) is 29.2. The SMILES string of the molecule is CCCCCCCCCc1cnc(-c2ccc(OC(=O)[C@H]3CC[C@@](C#N)(CCCCCCCCC)CC3)cc2)nc1. The van der Waals surface area contributed by atoms with E-state index < -0.39 is 0 Å². The maximum Gasteiger partial charge on any atom is 0.314 e. The van der Waals surface area contributed by atoms with Gasteiger partial charge in [0.05, 0.1) is 17.4 Å². The van der Waals surface area contributed by atoms with Crippen LogP contribution in [0.15, 0.2) is 36.7 Å². The molecule has 0 unspecified atom stereocenters. The molecule has 0 atom stereocenters. The lowest BCUT2D eigenvalue weighted by Crippen LogP contribution is -2.31. The molecule has 5 nitrogen and oxygen atoms in total. The molecular weight excluding hydrogens is 506 g/mol. The summed E-state index contributed by atoms with van der Waals surface area (Å²) in [6, 6.07) is 10.1. The number of nitriles is 1. The zero-order valence-electron chi connectivity index (χ0n) is 25.8. The van der Waals surface area contributed by atoms with Gasteiger partial charge < -0.3 is 4.74 Å². The van der Waals surface area contributed by atoms with Gasteiger partial charge in [-0.1, -0.05) is 97.3 Å². The van der Waals surface area contributed by atoms with Gasteiger partial charge in [0.2, 0.25) is 0 Å². The zero-order valence-corrected chi connectivity index (χ0v) is 25.8. The number of aromatic nitrogens is 2. The minimum atomic E-state index is -0.258. The largest absolute Gasteiger partial charge is 0.426 e. The van der Waals surface area contributed by atoms with Crippen molar-refractivity contribution in [1.82, 2.24) is 9.97 Å². The van der Waals surface area contributed by atoms with Crippen LogP contribution in [0.4, 0.5) is 0 Å². The highest BCUT2D eigenvalue weighted by Crippen LogP contribution is 2.43. The number of esters is 1. The normalized spacial score (nSPS) is 18.6. The van der Waals surface area contributed by atoms with E-state index in [1.807, 2.05) is 36.7 Å². The average Bonchev–Trinajstić information content (AvgIpc) is 3.01. The van der Waals surface area contributed by atoms with Crippen LogP contribution in [0.2, 0.25) is 0 Å². The maximum atomic E-state index is 12.9. The molecule has 0 N–H and O–H groups in total. The minimum absolute atomic E-state index is 0.127. The van der Waals surface area contributed by atoms with Crippen LogP contribution in [-0.4, -0.2) is 15.9 Å². The first-order valence-electron chi connectivity index (χ1n) is 16.6. The quantitative estimate of drug-likeness (QED) is 0.0972. The number of aryl methyl sites for hydroxylation is 1. The van der Waals surface area contributed by atoms with Crippen molar-refractivity contribution in [1.29, 1.82) is 5.26 Å². The number of rotatable bonds is 19. The number of ether oxygens (including phenoxy) is 1. The van der Waals surface area contributed by atoms with Gasteiger partial charge in [-0.3, -0.25) is 4.79 Å². The number of unbranched alkanes of at least 4 members (excludes halogenated alkanes) is 12. The van der Waals surface area contributed by atoms with E-state index in [1.54, 1.807) is 0 Å². The summed E-state index contributed by atoms with van der Waals surface area (Å²) in [5.74, 6) is 0.936. The molecule has 0 spiro atoms. The molecule has 0 amide bonds. The second kappa shape index (κ2) is 18.6. The third-order valence-electron chi connectivity index (χ3n) is 8.88. The summed E-state index contributed by atoms with van der Waals surface area (Å²) in [6.07, 6.45) is 26.9. The topological polar surface area (TPSA) is 75.9 Å². The Labute approximate surface area is 249 Å². The molecule has 1 fully saturated rings. The molecule has 0 radical (unpaired) electrons. The van der Waals surface area contributed by atoms with Gasteiger partial charge in [-0.05, 0) is 74.8 Å². The van der Waals surface area contributed by atoms with E-state index in [2.05, 4.69) is 29.9 Å². The lowest BCUT2D eigenvalue weighted by molar-refractivity contribution is -0.140. The maximum absolute atomic E-state index is 12.9. The van der Waals surface area contributed by atoms with Crippen LogP contribution in [0.25, 0.3) is 11.4 Å². The first-order chi connectivity index (χ1) is 20.1. The number of nitrogens with zero attached hydrogens (tertiary/aromatic N) is 3. The van der Waals surface area contributed by atoms with Gasteiger partial charge in [0.15, 0.2) is 5.82 Å². The predicted molar refractivity (Wildman–Crippen MR) is 167 cm³/mol. The Morgan fingerprint density at radius 3 is 1.93 bits per heavy atom. The molecular formula is C36H53N3O2. The highest BCUT2D eigenvalue weighted by atomic mass is 16.5. The Kier molecular flexibility index (Phi) is 14.9. The monoisotopic (exact) mass is 559 g/mol. The second-order valence-corrected chi connectivity index (χ2v) is 12.3. The number of carbonyl (C=O) groups is 1. The average molecular weight is 560 g/mol. The number of benzene rings is 1. The standard InChI is InChI=1S/C36H53N3O2/c1-3-5-7-9-11-13-15-17-30-27-38-34(39-28-30)31-18-20-33(21-19-31)41-35(40)32-22-25-36(29-37,26-23-32)24-16-14-12-10-8-6-4-2/h18-21,27-28,32H,3-17,22-26H2,1-2H3/t32-,36-. The molecule has 3 rings (SSSR count). The molecule has 5 heteroatoms. The smallest absolute Gasteiger partial charge is 0.314 e. The van der Waals surface area contributed by atoms with Gasteiger partial charge >= 0.3 is 5.97 Å². The number of carbonyl (C=O) groups excluding carboxylic acids is 1. The molecule has 0 bridgehead atoms. The van der Waals surface area contributed by atoms with E-state index in [0.717, 1.165) is 50.5 Å². The fourth-order valence-corrected chi connectivity index (χ4v) is 6.03. The van der Waals surface area contributed by atoms with Crippen LogP contribution in [0.3, 0.4) is 0 Å². The number of hydrogen-bond donors (Lipinski definition) is 0. The molecule has 0 aliphatic heterocycles. The molecule has 1 aromatic heterocycles. The van der Waals surface area contributed by atoms with Crippen LogP contribution in [0.1, 0.15) is 141 Å². The summed E-state index contributed by atoms with van der Waals surface area (Å²) in [5.41, 5.74) is 1.84. The molecule has 1 aliphatic rings. The highest BCUT2D eigenvalue weighted by molar-refractivity contribution is 5.75. The molecule has 1 heterocycles. The highest BCUT2D eigenvalue weighted by Gasteiger charge is 2.38. The first kappa shape index (κ1) is 32.8. The van der Waals surface area contributed by atoms with Gasteiger partial charge in [0.1, 0.15) is 5.75 Å². The molecule has 41 heavy (non-hydrogen) atoms. The molecule has 1 aliphatic carbocycles. The molecule has 1 aromatic carbocycles. The predicted octanol–water partition coefficient (Wildman–Crippen LogP) is 10.2. The lowest BCUT2D eigenvalue weighted by Gasteiger charge is -2.34.